The molecule has 0 aliphatic heterocycles. The Morgan fingerprint density at radius 1 is 1.07 bits per heavy atom. The average molecular weight is 426 g/mol. The van der Waals surface area contributed by atoms with E-state index in [1.54, 1.807) is 0 Å². The minimum absolute atomic E-state index is 0.0292. The second kappa shape index (κ2) is 9.60. The molecule has 2 rings (SSSR count). The van der Waals surface area contributed by atoms with Crippen molar-refractivity contribution in [1.82, 2.24) is 5.32 Å². The Morgan fingerprint density at radius 3 is 2.38 bits per heavy atom. The molecule has 0 heterocycles. The molecule has 2 N–H and O–H groups in total. The third-order valence-electron chi connectivity index (χ3n) is 3.78. The van der Waals surface area contributed by atoms with Crippen LogP contribution in [0.1, 0.15) is 21.5 Å². The van der Waals surface area contributed by atoms with E-state index < -0.39 is 28.3 Å². The van der Waals surface area contributed by atoms with Crippen molar-refractivity contribution in [1.29, 1.82) is 0 Å². The Balaban J connectivity index is 2.19. The monoisotopic (exact) mass is 426 g/mol. The number of nitrogens with one attached hydrogen (secondary N) is 2. The SMILES string of the molecule is CS(=O)(=O)/C=C/CNC(=O)c1ccc(CC(F)(F)F)cc1NCc1ccccc1. The molecule has 0 atom stereocenters. The minimum atomic E-state index is -4.36. The lowest BCUT2D eigenvalue weighted by molar-refractivity contribution is -0.127. The molecule has 1 amide bonds. The Morgan fingerprint density at radius 2 is 1.76 bits per heavy atom. The van der Waals surface area contributed by atoms with E-state index in [2.05, 4.69) is 10.6 Å². The quantitative estimate of drug-likeness (QED) is 0.675. The summed E-state index contributed by atoms with van der Waals surface area (Å²) < 4.78 is 60.3. The lowest BCUT2D eigenvalue weighted by atomic mass is 10.1. The molecule has 0 radical (unpaired) electrons. The van der Waals surface area contributed by atoms with Gasteiger partial charge in [0.1, 0.15) is 0 Å². The van der Waals surface area contributed by atoms with Gasteiger partial charge in [-0.05, 0) is 23.3 Å². The Kier molecular flexibility index (Phi) is 7.44. The number of halogens is 3. The number of alkyl halides is 3. The maximum absolute atomic E-state index is 12.7. The molecular weight excluding hydrogens is 405 g/mol. The number of carbonyl (C=O) groups is 1. The lowest BCUT2D eigenvalue weighted by Gasteiger charge is -2.15. The van der Waals surface area contributed by atoms with E-state index in [1.165, 1.54) is 24.3 Å². The zero-order valence-electron chi connectivity index (χ0n) is 15.7. The van der Waals surface area contributed by atoms with Gasteiger partial charge in [0.25, 0.3) is 5.91 Å². The highest BCUT2D eigenvalue weighted by Gasteiger charge is 2.28. The zero-order chi connectivity index (χ0) is 21.5. The van der Waals surface area contributed by atoms with Crippen LogP contribution >= 0.6 is 0 Å². The molecule has 0 unspecified atom stereocenters. The van der Waals surface area contributed by atoms with Gasteiger partial charge in [-0.1, -0.05) is 42.5 Å². The molecule has 0 saturated carbocycles. The van der Waals surface area contributed by atoms with Gasteiger partial charge in [0.15, 0.2) is 9.84 Å². The summed E-state index contributed by atoms with van der Waals surface area (Å²) in [7, 11) is -3.31. The zero-order valence-corrected chi connectivity index (χ0v) is 16.5. The van der Waals surface area contributed by atoms with E-state index >= 15 is 0 Å². The molecule has 5 nitrogen and oxygen atoms in total. The van der Waals surface area contributed by atoms with Crippen LogP contribution < -0.4 is 10.6 Å². The van der Waals surface area contributed by atoms with Crippen molar-refractivity contribution in [2.45, 2.75) is 19.1 Å². The van der Waals surface area contributed by atoms with Gasteiger partial charge >= 0.3 is 6.18 Å². The number of hydrogen-bond acceptors (Lipinski definition) is 4. The van der Waals surface area contributed by atoms with E-state index in [0.29, 0.717) is 6.54 Å². The Hall–Kier alpha value is -2.81. The lowest BCUT2D eigenvalue weighted by Crippen LogP contribution is -2.25. The summed E-state index contributed by atoms with van der Waals surface area (Å²) in [5, 5.41) is 6.50. The number of amides is 1. The summed E-state index contributed by atoms with van der Waals surface area (Å²) in [6, 6.07) is 13.1. The Bertz CT molecular complexity index is 972. The summed E-state index contributed by atoms with van der Waals surface area (Å²) >= 11 is 0. The van der Waals surface area contributed by atoms with E-state index in [-0.39, 0.29) is 23.4 Å². The molecule has 0 aliphatic rings. The first kappa shape index (κ1) is 22.5. The van der Waals surface area contributed by atoms with Crippen molar-refractivity contribution in [2.24, 2.45) is 0 Å². The van der Waals surface area contributed by atoms with E-state index in [0.717, 1.165) is 17.2 Å². The topological polar surface area (TPSA) is 75.3 Å². The number of anilines is 1. The van der Waals surface area contributed by atoms with Gasteiger partial charge in [-0.25, -0.2) is 8.42 Å². The van der Waals surface area contributed by atoms with Crippen molar-refractivity contribution < 1.29 is 26.4 Å². The van der Waals surface area contributed by atoms with E-state index in [9.17, 15) is 26.4 Å². The third kappa shape index (κ3) is 8.39. The minimum Gasteiger partial charge on any atom is -0.380 e. The molecule has 0 saturated heterocycles. The van der Waals surface area contributed by atoms with Crippen molar-refractivity contribution in [3.05, 3.63) is 76.7 Å². The van der Waals surface area contributed by atoms with Gasteiger partial charge in [0.2, 0.25) is 0 Å². The fourth-order valence-electron chi connectivity index (χ4n) is 2.54. The summed E-state index contributed by atoms with van der Waals surface area (Å²) in [6.07, 6.45) is -3.17. The average Bonchev–Trinajstić information content (AvgIpc) is 2.62. The molecule has 0 fully saturated rings. The number of sulfone groups is 1. The fraction of sp³-hybridized carbons (Fsp3) is 0.250. The predicted molar refractivity (Wildman–Crippen MR) is 106 cm³/mol. The van der Waals surface area contributed by atoms with Gasteiger partial charge in [0.05, 0.1) is 12.0 Å². The molecule has 156 valence electrons. The first-order valence-electron chi connectivity index (χ1n) is 8.66. The van der Waals surface area contributed by atoms with Crippen LogP contribution in [0.4, 0.5) is 18.9 Å². The fourth-order valence-corrected chi connectivity index (χ4v) is 2.99. The van der Waals surface area contributed by atoms with Crippen LogP contribution in [0.3, 0.4) is 0 Å². The third-order valence-corrected chi connectivity index (χ3v) is 4.47. The second-order valence-electron chi connectivity index (χ2n) is 6.42. The maximum Gasteiger partial charge on any atom is 0.393 e. The van der Waals surface area contributed by atoms with Crippen LogP contribution in [0, 0.1) is 0 Å². The molecule has 2 aromatic carbocycles. The molecule has 0 spiro atoms. The first-order valence-corrected chi connectivity index (χ1v) is 10.6. The second-order valence-corrected chi connectivity index (χ2v) is 8.35. The summed E-state index contributed by atoms with van der Waals surface area (Å²) in [5.41, 5.74) is 1.36. The van der Waals surface area contributed by atoms with Gasteiger partial charge in [-0.3, -0.25) is 4.79 Å². The normalized spacial score (nSPS) is 12.1. The highest BCUT2D eigenvalue weighted by Crippen LogP contribution is 2.25. The van der Waals surface area contributed by atoms with Crippen molar-refractivity contribution in [2.75, 3.05) is 18.1 Å². The number of hydrogen-bond donors (Lipinski definition) is 2. The van der Waals surface area contributed by atoms with Crippen molar-refractivity contribution >= 4 is 21.4 Å². The molecule has 9 heteroatoms. The standard InChI is InChI=1S/C20H21F3N2O3S/c1-29(27,28)11-5-10-24-19(26)17-9-8-16(13-20(21,22)23)12-18(17)25-14-15-6-3-2-4-7-15/h2-9,11-12,25H,10,13-14H2,1H3,(H,24,26)/b11-5+. The largest absolute Gasteiger partial charge is 0.393 e. The summed E-state index contributed by atoms with van der Waals surface area (Å²) in [6.45, 7) is 0.291. The Labute approximate surface area is 167 Å². The molecule has 0 bridgehead atoms. The molecular formula is C20H21F3N2O3S. The number of carbonyl (C=O) groups excluding carboxylic acids is 1. The van der Waals surface area contributed by atoms with Crippen LogP contribution in [0.25, 0.3) is 0 Å². The van der Waals surface area contributed by atoms with Gasteiger partial charge in [-0.15, -0.1) is 0 Å². The highest BCUT2D eigenvalue weighted by atomic mass is 32.2. The van der Waals surface area contributed by atoms with Crippen LogP contribution in [-0.2, 0) is 22.8 Å². The maximum atomic E-state index is 12.7. The smallest absolute Gasteiger partial charge is 0.380 e. The molecule has 2 aromatic rings. The molecule has 29 heavy (non-hydrogen) atoms. The van der Waals surface area contributed by atoms with Crippen LogP contribution in [0.15, 0.2) is 60.0 Å². The van der Waals surface area contributed by atoms with Gasteiger partial charge in [-0.2, -0.15) is 13.2 Å². The van der Waals surface area contributed by atoms with E-state index in [1.807, 2.05) is 30.3 Å². The van der Waals surface area contributed by atoms with Gasteiger partial charge < -0.3 is 10.6 Å². The predicted octanol–water partition coefficient (Wildman–Crippen LogP) is 3.69. The number of benzene rings is 2. The van der Waals surface area contributed by atoms with E-state index in [4.69, 9.17) is 0 Å². The number of rotatable bonds is 8. The molecule has 0 aliphatic carbocycles. The van der Waals surface area contributed by atoms with Crippen molar-refractivity contribution in [3.63, 3.8) is 0 Å². The highest BCUT2D eigenvalue weighted by molar-refractivity contribution is 7.93. The first-order chi connectivity index (χ1) is 13.5. The molecule has 0 aromatic heterocycles. The van der Waals surface area contributed by atoms with Crippen molar-refractivity contribution in [3.8, 4) is 0 Å². The van der Waals surface area contributed by atoms with Crippen LogP contribution in [0.2, 0.25) is 0 Å². The van der Waals surface area contributed by atoms with Crippen LogP contribution in [0.5, 0.6) is 0 Å². The summed E-state index contributed by atoms with van der Waals surface area (Å²) in [5.74, 6) is -0.530. The van der Waals surface area contributed by atoms with Gasteiger partial charge in [0, 0.05) is 30.4 Å². The summed E-state index contributed by atoms with van der Waals surface area (Å²) in [4.78, 5) is 12.4. The van der Waals surface area contributed by atoms with Crippen LogP contribution in [-0.4, -0.2) is 33.3 Å².